The molecule has 0 saturated heterocycles. The third-order valence-corrected chi connectivity index (χ3v) is 19.7. The Balaban J connectivity index is 1.41. The summed E-state index contributed by atoms with van der Waals surface area (Å²) in [6.45, 7) is 0. The van der Waals surface area contributed by atoms with E-state index in [1.54, 1.807) is 0 Å². The molecule has 7 aromatic rings. The highest BCUT2D eigenvalue weighted by Crippen LogP contribution is 2.50. The van der Waals surface area contributed by atoms with Crippen LogP contribution in [0.5, 0.6) is 11.5 Å². The molecule has 0 amide bonds. The van der Waals surface area contributed by atoms with Crippen molar-refractivity contribution >= 4 is 149 Å². The first-order chi connectivity index (χ1) is 40.4. The number of nitrogens with zero attached hydrogens (tertiary/aromatic N) is 9. The summed E-state index contributed by atoms with van der Waals surface area (Å²) in [6, 6.07) is 14.1. The first-order valence-electron chi connectivity index (χ1n) is 23.0. The number of nitrogens with two attached hydrogens (primary N) is 1. The third kappa shape index (κ3) is 14.4. The summed E-state index contributed by atoms with van der Waals surface area (Å²) in [6.07, 6.45) is 0. The van der Waals surface area contributed by atoms with Gasteiger partial charge in [-0.05, 0) is 84.4 Å². The average molecular weight is 1350 g/mol. The summed E-state index contributed by atoms with van der Waals surface area (Å²) >= 11 is 0. The predicted molar refractivity (Wildman–Crippen MR) is 300 cm³/mol. The van der Waals surface area contributed by atoms with Crippen molar-refractivity contribution in [1.82, 2.24) is 0 Å². The molecule has 0 aliphatic rings. The molecule has 0 atom stereocenters. The molecule has 7 rings (SSSR count). The number of hydrogen-bond acceptors (Lipinski definition) is 32. The lowest BCUT2D eigenvalue weighted by Gasteiger charge is -2.16. The van der Waals surface area contributed by atoms with Crippen LogP contribution in [0, 0.1) is 10.1 Å². The topological polar surface area (TPSA) is 534 Å². The van der Waals surface area contributed by atoms with Crippen LogP contribution < -0.4 is 5.73 Å². The maximum Gasteiger partial charge on any atom is 0.299 e. The molecule has 0 spiro atoms. The summed E-state index contributed by atoms with van der Waals surface area (Å²) in [5.41, 5.74) is -0.659. The van der Waals surface area contributed by atoms with Gasteiger partial charge < -0.3 is 15.9 Å². The van der Waals surface area contributed by atoms with Crippen LogP contribution in [0.25, 0.3) is 21.5 Å². The molecule has 0 unspecified atom stereocenters. The number of nitro benzene ring substituents is 1. The van der Waals surface area contributed by atoms with Crippen LogP contribution in [0.15, 0.2) is 156 Å². The maximum absolute atomic E-state index is 13.9. The van der Waals surface area contributed by atoms with E-state index >= 15 is 0 Å². The smallest absolute Gasteiger partial charge is 0.299 e. The van der Waals surface area contributed by atoms with Gasteiger partial charge in [-0.3, -0.25) is 40.1 Å². The number of rotatable bonds is 23. The second-order valence-electron chi connectivity index (χ2n) is 17.1. The van der Waals surface area contributed by atoms with E-state index in [1.807, 2.05) is 0 Å². The van der Waals surface area contributed by atoms with E-state index < -0.39 is 191 Å². The van der Waals surface area contributed by atoms with Gasteiger partial charge in [0, 0.05) is 33.9 Å². The molecule has 42 heteroatoms. The largest absolute Gasteiger partial charge is 0.505 e. The minimum Gasteiger partial charge on any atom is -0.505 e. The summed E-state index contributed by atoms with van der Waals surface area (Å²) < 4.78 is 224. The molecular weight excluding hydrogens is 1310 g/mol. The monoisotopic (exact) mass is 1340 g/mol. The van der Waals surface area contributed by atoms with Crippen molar-refractivity contribution in [2.24, 2.45) is 40.9 Å². The minimum atomic E-state index is -5.17. The number of nitrogen functional groups attached to an aromatic ring is 1. The fraction of sp³-hybridized carbons (Fsp3) is 0.156. The average Bonchev–Trinajstić information content (AvgIpc) is 0.796. The molecule has 0 radical (unpaired) electrons. The van der Waals surface area contributed by atoms with Crippen molar-refractivity contribution < 1.29 is 104 Å². The van der Waals surface area contributed by atoms with Gasteiger partial charge in [0.2, 0.25) is 0 Å². The van der Waals surface area contributed by atoms with Crippen LogP contribution in [0.4, 0.5) is 56.9 Å². The number of nitro groups is 1. The van der Waals surface area contributed by atoms with Gasteiger partial charge in [0.25, 0.3) is 76.5 Å². The van der Waals surface area contributed by atoms with Crippen LogP contribution in [0.1, 0.15) is 11.1 Å². The highest BCUT2D eigenvalue weighted by Gasteiger charge is 2.32. The standard InChI is InChI=1S/C45H40N10O25S7/c1-76-83(66,67)28-10-6-25(7-11-28)47-48-26-8-13-32(23(16-26)21-81(60,61)62)49-54-42-38(86(72,73)79-4)19-30-29(43(42)56)12-15-34(45(30)87(74,75)80-5)51-52-35-20-36(84(68,69)77-2)31-17-24(22-82(63,64)65)41(44(57)39(31)40(35)46)53-50-33-14-9-27(55(58)59)18-37(33)85(70,71)78-3/h6-20,56-57H,21-22,46H2,1-5H3,(H,60,61,62)(H,63,64,65). The van der Waals surface area contributed by atoms with E-state index in [9.17, 15) is 88.4 Å². The summed E-state index contributed by atoms with van der Waals surface area (Å²) in [5, 5.41) is 63.5. The van der Waals surface area contributed by atoms with Gasteiger partial charge in [0.15, 0.2) is 11.5 Å². The lowest BCUT2D eigenvalue weighted by molar-refractivity contribution is -0.385. The van der Waals surface area contributed by atoms with Crippen molar-refractivity contribution in [1.29, 1.82) is 0 Å². The maximum atomic E-state index is 13.9. The molecular formula is C45H40N10O25S7. The molecule has 462 valence electrons. The van der Waals surface area contributed by atoms with E-state index in [2.05, 4.69) is 53.5 Å². The number of anilines is 1. The van der Waals surface area contributed by atoms with Crippen LogP contribution in [-0.4, -0.2) is 119 Å². The molecule has 0 aliphatic carbocycles. The number of fused-ring (bicyclic) bond motifs is 2. The molecule has 87 heavy (non-hydrogen) atoms. The lowest BCUT2D eigenvalue weighted by atomic mass is 10.0. The van der Waals surface area contributed by atoms with E-state index in [0.29, 0.717) is 46.6 Å². The molecule has 0 fully saturated rings. The van der Waals surface area contributed by atoms with Crippen LogP contribution in [-0.2, 0) is 103 Å². The highest BCUT2D eigenvalue weighted by molar-refractivity contribution is 7.88. The van der Waals surface area contributed by atoms with Gasteiger partial charge in [-0.2, -0.15) is 74.3 Å². The number of benzene rings is 7. The molecule has 6 N–H and O–H groups in total. The van der Waals surface area contributed by atoms with Gasteiger partial charge in [-0.25, -0.2) is 0 Å². The Kier molecular flexibility index (Phi) is 18.8. The predicted octanol–water partition coefficient (Wildman–Crippen LogP) is 8.01. The normalized spacial score (nSPS) is 13.3. The Morgan fingerprint density at radius 3 is 1.53 bits per heavy atom. The Morgan fingerprint density at radius 2 is 0.943 bits per heavy atom. The zero-order valence-electron chi connectivity index (χ0n) is 44.4. The summed E-state index contributed by atoms with van der Waals surface area (Å²) in [5.74, 6) is -5.00. The van der Waals surface area contributed by atoms with Crippen molar-refractivity contribution in [3.05, 3.63) is 112 Å². The Morgan fingerprint density at radius 1 is 0.448 bits per heavy atom. The Hall–Kier alpha value is -8.37. The van der Waals surface area contributed by atoms with E-state index in [4.69, 9.17) is 14.1 Å². The number of non-ortho nitro benzene ring substituents is 1. The van der Waals surface area contributed by atoms with Crippen molar-refractivity contribution in [3.63, 3.8) is 0 Å². The van der Waals surface area contributed by atoms with E-state index in [-0.39, 0.29) is 21.8 Å². The van der Waals surface area contributed by atoms with Gasteiger partial charge in [-0.1, -0.05) is 0 Å². The number of phenolic OH excluding ortho intramolecular Hbond substituents is 2. The Bertz CT molecular complexity index is 4990. The van der Waals surface area contributed by atoms with Crippen molar-refractivity contribution in [2.45, 2.75) is 36.0 Å². The molecule has 0 bridgehead atoms. The summed E-state index contributed by atoms with van der Waals surface area (Å²) in [7, 11) is -30.6. The zero-order chi connectivity index (χ0) is 64.6. The second-order valence-corrected chi connectivity index (χ2v) is 28.4. The van der Waals surface area contributed by atoms with E-state index in [1.165, 1.54) is 30.3 Å². The van der Waals surface area contributed by atoms with Crippen molar-refractivity contribution in [2.75, 3.05) is 41.3 Å². The first kappa shape index (κ1) is 66.2. The molecule has 35 nitrogen and oxygen atoms in total. The summed E-state index contributed by atoms with van der Waals surface area (Å²) in [4.78, 5) is 6.22. The van der Waals surface area contributed by atoms with Crippen LogP contribution in [0.2, 0.25) is 0 Å². The second kappa shape index (κ2) is 24.8. The lowest BCUT2D eigenvalue weighted by Crippen LogP contribution is -2.07. The van der Waals surface area contributed by atoms with Gasteiger partial charge in [-0.15, -0.1) is 25.6 Å². The minimum absolute atomic E-state index is 0.0679. The molecule has 0 aliphatic heterocycles. The highest BCUT2D eigenvalue weighted by atomic mass is 32.2. The molecule has 0 saturated carbocycles. The zero-order valence-corrected chi connectivity index (χ0v) is 50.1. The molecule has 0 heterocycles. The number of aromatic hydroxyl groups is 2. The Labute approximate surface area is 492 Å². The van der Waals surface area contributed by atoms with E-state index in [0.717, 1.165) is 49.6 Å². The quantitative estimate of drug-likeness (QED) is 0.0101. The third-order valence-electron chi connectivity index (χ3n) is 11.8. The molecule has 7 aromatic carbocycles. The number of hydrogen-bond donors (Lipinski definition) is 5. The fourth-order valence-corrected chi connectivity index (χ4v) is 13.2. The fourth-order valence-electron chi connectivity index (χ4n) is 7.81. The number of azo groups is 4. The van der Waals surface area contributed by atoms with Crippen LogP contribution >= 0.6 is 0 Å². The van der Waals surface area contributed by atoms with Gasteiger partial charge >= 0.3 is 0 Å². The first-order valence-corrected chi connectivity index (χ1v) is 33.2. The number of phenols is 2. The molecule has 0 aromatic heterocycles. The van der Waals surface area contributed by atoms with Crippen LogP contribution in [0.3, 0.4) is 0 Å². The van der Waals surface area contributed by atoms with Gasteiger partial charge in [0.1, 0.15) is 59.5 Å². The van der Waals surface area contributed by atoms with Gasteiger partial charge in [0.05, 0.1) is 73.5 Å². The van der Waals surface area contributed by atoms with Crippen molar-refractivity contribution in [3.8, 4) is 11.5 Å². The SMILES string of the molecule is COS(=O)(=O)c1ccc(N=Nc2ccc(N=Nc3c(S(=O)(=O)OC)cc4c(S(=O)(=O)OC)c(N=Nc5cc(S(=O)(=O)OC)c6cc(CS(=O)(=O)O)c(N=Nc7ccc([N+](=O)[O-])cc7S(=O)(=O)OC)c(O)c6c5N)ccc4c3O)c(CS(=O)(=O)O)c2)cc1.